The molecule has 1 heterocycles. The van der Waals surface area contributed by atoms with Crippen molar-refractivity contribution < 1.29 is 14.0 Å². The van der Waals surface area contributed by atoms with Crippen LogP contribution in [0.5, 0.6) is 0 Å². The first-order valence-corrected chi connectivity index (χ1v) is 6.52. The first-order valence-electron chi connectivity index (χ1n) is 6.52. The van der Waals surface area contributed by atoms with E-state index in [1.165, 1.54) is 12.1 Å². The fourth-order valence-corrected chi connectivity index (χ4v) is 2.31. The van der Waals surface area contributed by atoms with Gasteiger partial charge in [-0.3, -0.25) is 9.59 Å². The molecular weight excluding hydrogens is 261 g/mol. The summed E-state index contributed by atoms with van der Waals surface area (Å²) in [5.41, 5.74) is 1.06. The zero-order valence-electron chi connectivity index (χ0n) is 11.6. The summed E-state index contributed by atoms with van der Waals surface area (Å²) in [5, 5.41) is 5.57. The van der Waals surface area contributed by atoms with Crippen LogP contribution in [0.25, 0.3) is 0 Å². The van der Waals surface area contributed by atoms with E-state index in [1.807, 2.05) is 7.05 Å². The molecule has 0 aromatic heterocycles. The van der Waals surface area contributed by atoms with Gasteiger partial charge in [0.1, 0.15) is 5.82 Å². The molecule has 20 heavy (non-hydrogen) atoms. The predicted octanol–water partition coefficient (Wildman–Crippen LogP) is 0.929. The highest BCUT2D eigenvalue weighted by atomic mass is 19.1. The molecule has 1 aliphatic heterocycles. The van der Waals surface area contributed by atoms with E-state index in [-0.39, 0.29) is 18.2 Å². The molecule has 0 bridgehead atoms. The van der Waals surface area contributed by atoms with E-state index in [9.17, 15) is 14.0 Å². The van der Waals surface area contributed by atoms with Crippen LogP contribution in [0.1, 0.15) is 17.9 Å². The van der Waals surface area contributed by atoms with Crippen LogP contribution in [-0.4, -0.2) is 43.9 Å². The second kappa shape index (κ2) is 6.00. The monoisotopic (exact) mass is 279 g/mol. The molecule has 5 nitrogen and oxygen atoms in total. The van der Waals surface area contributed by atoms with Crippen LogP contribution in [0.4, 0.5) is 10.1 Å². The van der Waals surface area contributed by atoms with E-state index in [2.05, 4.69) is 10.6 Å². The van der Waals surface area contributed by atoms with Gasteiger partial charge in [-0.05, 0) is 24.7 Å². The highest BCUT2D eigenvalue weighted by Crippen LogP contribution is 2.33. The van der Waals surface area contributed by atoms with E-state index in [0.717, 1.165) is 0 Å². The number of nitrogens with one attached hydrogen (secondary N) is 2. The molecule has 0 saturated carbocycles. The average Bonchev–Trinajstić information content (AvgIpc) is 2.42. The molecule has 1 unspecified atom stereocenters. The van der Waals surface area contributed by atoms with Crippen molar-refractivity contribution in [2.75, 3.05) is 32.5 Å². The Morgan fingerprint density at radius 3 is 3.00 bits per heavy atom. The molecule has 0 aliphatic carbocycles. The molecule has 1 atom stereocenters. The van der Waals surface area contributed by atoms with Crippen LogP contribution >= 0.6 is 0 Å². The van der Waals surface area contributed by atoms with Crippen LogP contribution in [0.3, 0.4) is 0 Å². The predicted molar refractivity (Wildman–Crippen MR) is 74.0 cm³/mol. The molecule has 2 amide bonds. The van der Waals surface area contributed by atoms with Gasteiger partial charge in [0.2, 0.25) is 11.8 Å². The quantitative estimate of drug-likeness (QED) is 0.862. The minimum Gasteiger partial charge on any atom is -0.344 e. The lowest BCUT2D eigenvalue weighted by Gasteiger charge is -2.28. The number of amides is 2. The van der Waals surface area contributed by atoms with Crippen LogP contribution < -0.4 is 10.6 Å². The number of nitrogens with zero attached hydrogens (tertiary/aromatic N) is 1. The minimum atomic E-state index is -0.541. The molecule has 1 aromatic carbocycles. The van der Waals surface area contributed by atoms with Crippen molar-refractivity contribution in [2.24, 2.45) is 0 Å². The zero-order chi connectivity index (χ0) is 14.7. The van der Waals surface area contributed by atoms with E-state index >= 15 is 0 Å². The fraction of sp³-hybridized carbons (Fsp3) is 0.429. The van der Waals surface area contributed by atoms with Crippen molar-refractivity contribution in [1.82, 2.24) is 10.2 Å². The SMILES string of the molecule is CNCCN(C)C(=O)C1CC(=O)Nc2cc(F)ccc21. The highest BCUT2D eigenvalue weighted by Gasteiger charge is 2.32. The number of likely N-dealkylation sites (N-methyl/N-ethyl adjacent to an activating group) is 2. The van der Waals surface area contributed by atoms with Crippen LogP contribution in [-0.2, 0) is 9.59 Å². The summed E-state index contributed by atoms with van der Waals surface area (Å²) in [6.07, 6.45) is 0.0986. The number of fused-ring (bicyclic) bond motifs is 1. The van der Waals surface area contributed by atoms with Gasteiger partial charge in [-0.15, -0.1) is 0 Å². The minimum absolute atomic E-state index is 0.0986. The number of carbonyl (C=O) groups is 2. The van der Waals surface area contributed by atoms with Gasteiger partial charge in [-0.1, -0.05) is 6.07 Å². The lowest BCUT2D eigenvalue weighted by atomic mass is 9.89. The third kappa shape index (κ3) is 2.96. The number of rotatable bonds is 4. The second-order valence-corrected chi connectivity index (χ2v) is 4.90. The number of halogens is 1. The lowest BCUT2D eigenvalue weighted by Crippen LogP contribution is -2.39. The Morgan fingerprint density at radius 1 is 1.55 bits per heavy atom. The largest absolute Gasteiger partial charge is 0.344 e. The highest BCUT2D eigenvalue weighted by molar-refractivity contribution is 6.01. The van der Waals surface area contributed by atoms with Gasteiger partial charge >= 0.3 is 0 Å². The number of carbonyl (C=O) groups excluding carboxylic acids is 2. The molecular formula is C14H18FN3O2. The molecule has 0 radical (unpaired) electrons. The van der Waals surface area contributed by atoms with Gasteiger partial charge in [-0.2, -0.15) is 0 Å². The second-order valence-electron chi connectivity index (χ2n) is 4.90. The summed E-state index contributed by atoms with van der Waals surface area (Å²) in [6.45, 7) is 1.24. The third-order valence-electron chi connectivity index (χ3n) is 3.43. The number of benzene rings is 1. The zero-order valence-corrected chi connectivity index (χ0v) is 11.6. The summed E-state index contributed by atoms with van der Waals surface area (Å²) >= 11 is 0. The van der Waals surface area contributed by atoms with Gasteiger partial charge in [0.15, 0.2) is 0 Å². The Balaban J connectivity index is 2.24. The molecule has 108 valence electrons. The van der Waals surface area contributed by atoms with E-state index < -0.39 is 11.7 Å². The standard InChI is InChI=1S/C14H18FN3O2/c1-16-5-6-18(2)14(20)11-8-13(19)17-12-7-9(15)3-4-10(11)12/h3-4,7,11,16H,5-6,8H2,1-2H3,(H,17,19). The molecule has 0 saturated heterocycles. The Kier molecular flexibility index (Phi) is 4.34. The van der Waals surface area contributed by atoms with Gasteiger partial charge in [-0.25, -0.2) is 4.39 Å². The maximum atomic E-state index is 13.2. The summed E-state index contributed by atoms with van der Waals surface area (Å²) in [5.74, 6) is -1.35. The van der Waals surface area contributed by atoms with E-state index in [1.54, 1.807) is 18.0 Å². The van der Waals surface area contributed by atoms with Crippen LogP contribution in [0.2, 0.25) is 0 Å². The summed E-state index contributed by atoms with van der Waals surface area (Å²) < 4.78 is 13.2. The van der Waals surface area contributed by atoms with Gasteiger partial charge < -0.3 is 15.5 Å². The smallest absolute Gasteiger partial charge is 0.230 e. The Labute approximate surface area is 117 Å². The van der Waals surface area contributed by atoms with Crippen molar-refractivity contribution >= 4 is 17.5 Å². The van der Waals surface area contributed by atoms with Gasteiger partial charge in [0.05, 0.1) is 5.92 Å². The van der Waals surface area contributed by atoms with Crippen molar-refractivity contribution in [1.29, 1.82) is 0 Å². The molecule has 2 rings (SSSR count). The normalized spacial score (nSPS) is 17.4. The molecule has 0 spiro atoms. The first kappa shape index (κ1) is 14.5. The Hall–Kier alpha value is -1.95. The van der Waals surface area contributed by atoms with E-state index in [4.69, 9.17) is 0 Å². The van der Waals surface area contributed by atoms with Crippen molar-refractivity contribution in [3.8, 4) is 0 Å². The average molecular weight is 279 g/mol. The summed E-state index contributed by atoms with van der Waals surface area (Å²) in [4.78, 5) is 25.7. The van der Waals surface area contributed by atoms with Crippen LogP contribution in [0, 0.1) is 5.82 Å². The maximum Gasteiger partial charge on any atom is 0.230 e. The lowest BCUT2D eigenvalue weighted by molar-refractivity contribution is -0.133. The fourth-order valence-electron chi connectivity index (χ4n) is 2.31. The maximum absolute atomic E-state index is 13.2. The molecule has 1 aliphatic rings. The van der Waals surface area contributed by atoms with Crippen molar-refractivity contribution in [2.45, 2.75) is 12.3 Å². The number of hydrogen-bond acceptors (Lipinski definition) is 3. The van der Waals surface area contributed by atoms with Crippen molar-refractivity contribution in [3.05, 3.63) is 29.6 Å². The Morgan fingerprint density at radius 2 is 2.30 bits per heavy atom. The first-order chi connectivity index (χ1) is 9.52. The van der Waals surface area contributed by atoms with Crippen LogP contribution in [0.15, 0.2) is 18.2 Å². The van der Waals surface area contributed by atoms with E-state index in [0.29, 0.717) is 24.3 Å². The van der Waals surface area contributed by atoms with Crippen molar-refractivity contribution in [3.63, 3.8) is 0 Å². The van der Waals surface area contributed by atoms with Gasteiger partial charge in [0, 0.05) is 32.2 Å². The molecule has 6 heteroatoms. The number of hydrogen-bond donors (Lipinski definition) is 2. The Bertz CT molecular complexity index is 533. The summed E-state index contributed by atoms with van der Waals surface area (Å²) in [7, 11) is 3.51. The molecule has 0 fully saturated rings. The summed E-state index contributed by atoms with van der Waals surface area (Å²) in [6, 6.07) is 4.13. The molecule has 2 N–H and O–H groups in total. The number of anilines is 1. The topological polar surface area (TPSA) is 61.4 Å². The third-order valence-corrected chi connectivity index (χ3v) is 3.43. The molecule has 1 aromatic rings. The van der Waals surface area contributed by atoms with Gasteiger partial charge in [0.25, 0.3) is 0 Å².